The van der Waals surface area contributed by atoms with E-state index in [1.54, 1.807) is 11.3 Å². The smallest absolute Gasteiger partial charge is 0.191 e. The van der Waals surface area contributed by atoms with Crippen molar-refractivity contribution in [3.63, 3.8) is 0 Å². The summed E-state index contributed by atoms with van der Waals surface area (Å²) in [4.78, 5) is 9.51. The number of morpholine rings is 1. The van der Waals surface area contributed by atoms with Crippen molar-refractivity contribution in [3.05, 3.63) is 43.2 Å². The van der Waals surface area contributed by atoms with Crippen molar-refractivity contribution in [1.29, 1.82) is 0 Å². The summed E-state index contributed by atoms with van der Waals surface area (Å²) in [6.07, 6.45) is 0. The van der Waals surface area contributed by atoms with Gasteiger partial charge in [-0.1, -0.05) is 6.07 Å². The highest BCUT2D eigenvalue weighted by Gasteiger charge is 2.23. The van der Waals surface area contributed by atoms with Gasteiger partial charge in [0, 0.05) is 46.3 Å². The number of hydrogen-bond donors (Lipinski definition) is 2. The molecule has 1 unspecified atom stereocenters. The second-order valence-electron chi connectivity index (χ2n) is 5.72. The van der Waals surface area contributed by atoms with Gasteiger partial charge in [-0.15, -0.1) is 46.7 Å². The molecule has 1 saturated heterocycles. The van der Waals surface area contributed by atoms with Gasteiger partial charge < -0.3 is 15.4 Å². The van der Waals surface area contributed by atoms with Crippen molar-refractivity contribution in [2.24, 2.45) is 4.99 Å². The van der Waals surface area contributed by atoms with Crippen molar-refractivity contribution in [3.8, 4) is 0 Å². The molecule has 0 radical (unpaired) electrons. The average molecular weight is 571 g/mol. The minimum atomic E-state index is 0. The van der Waals surface area contributed by atoms with Gasteiger partial charge in [-0.2, -0.15) is 0 Å². The van der Waals surface area contributed by atoms with Crippen LogP contribution in [-0.4, -0.2) is 50.8 Å². The Morgan fingerprint density at radius 1 is 1.35 bits per heavy atom. The maximum Gasteiger partial charge on any atom is 0.191 e. The first-order valence-electron chi connectivity index (χ1n) is 8.29. The molecule has 0 saturated carbocycles. The van der Waals surface area contributed by atoms with Gasteiger partial charge in [-0.25, -0.2) is 0 Å². The Morgan fingerprint density at radius 2 is 2.15 bits per heavy atom. The average Bonchev–Trinajstić information content (AvgIpc) is 3.31. The van der Waals surface area contributed by atoms with Crippen molar-refractivity contribution < 1.29 is 4.74 Å². The van der Waals surface area contributed by atoms with Gasteiger partial charge in [0.15, 0.2) is 5.96 Å². The molecule has 1 atom stereocenters. The molecule has 0 amide bonds. The van der Waals surface area contributed by atoms with Crippen LogP contribution in [0.5, 0.6) is 0 Å². The lowest BCUT2D eigenvalue weighted by Crippen LogP contribution is -2.45. The zero-order valence-electron chi connectivity index (χ0n) is 14.6. The van der Waals surface area contributed by atoms with Gasteiger partial charge >= 0.3 is 0 Å². The highest BCUT2D eigenvalue weighted by Crippen LogP contribution is 2.25. The maximum atomic E-state index is 5.51. The standard InChI is InChI=1S/C17H23BrN4OS2.HI/c1-19-17(20-10-14-9-13(18)12-25-14)21-11-15(16-3-2-8-24-16)22-4-6-23-7-5-22;/h2-3,8-9,12,15H,4-7,10-11H2,1H3,(H2,19,20,21);1H. The molecule has 0 bridgehead atoms. The Kier molecular flexibility index (Phi) is 9.86. The van der Waals surface area contributed by atoms with Crippen LogP contribution < -0.4 is 10.6 Å². The van der Waals surface area contributed by atoms with E-state index in [0.29, 0.717) is 6.04 Å². The van der Waals surface area contributed by atoms with Crippen molar-refractivity contribution >= 4 is 68.5 Å². The predicted molar refractivity (Wildman–Crippen MR) is 125 cm³/mol. The predicted octanol–water partition coefficient (Wildman–Crippen LogP) is 3.93. The summed E-state index contributed by atoms with van der Waals surface area (Å²) in [5.74, 6) is 0.833. The zero-order valence-corrected chi connectivity index (χ0v) is 20.2. The molecule has 1 aliphatic rings. The van der Waals surface area contributed by atoms with Crippen LogP contribution in [0.2, 0.25) is 0 Å². The lowest BCUT2D eigenvalue weighted by molar-refractivity contribution is 0.0177. The third-order valence-corrected chi connectivity index (χ3v) is 6.77. The molecule has 3 rings (SSSR count). The van der Waals surface area contributed by atoms with Gasteiger partial charge in [0.2, 0.25) is 0 Å². The molecule has 2 N–H and O–H groups in total. The topological polar surface area (TPSA) is 48.9 Å². The molecule has 2 aromatic rings. The number of hydrogen-bond acceptors (Lipinski definition) is 5. The first kappa shape index (κ1) is 22.1. The van der Waals surface area contributed by atoms with E-state index in [2.05, 4.69) is 65.4 Å². The van der Waals surface area contributed by atoms with Gasteiger partial charge in [0.25, 0.3) is 0 Å². The number of guanidine groups is 1. The molecule has 3 heterocycles. The summed E-state index contributed by atoms with van der Waals surface area (Å²) in [5, 5.41) is 11.1. The van der Waals surface area contributed by atoms with E-state index < -0.39 is 0 Å². The Hall–Kier alpha value is -0.200. The third kappa shape index (κ3) is 6.45. The van der Waals surface area contributed by atoms with Crippen LogP contribution in [0.25, 0.3) is 0 Å². The lowest BCUT2D eigenvalue weighted by atomic mass is 10.2. The van der Waals surface area contributed by atoms with E-state index in [4.69, 9.17) is 4.74 Å². The van der Waals surface area contributed by atoms with Crippen molar-refractivity contribution in [2.75, 3.05) is 39.9 Å². The second kappa shape index (κ2) is 11.6. The van der Waals surface area contributed by atoms with Gasteiger partial charge in [0.1, 0.15) is 0 Å². The first-order chi connectivity index (χ1) is 12.3. The SMILES string of the molecule is CN=C(NCc1cc(Br)cs1)NCC(c1cccs1)N1CCOCC1.I. The summed E-state index contributed by atoms with van der Waals surface area (Å²) < 4.78 is 6.63. The summed E-state index contributed by atoms with van der Waals surface area (Å²) in [5.41, 5.74) is 0. The van der Waals surface area contributed by atoms with E-state index in [1.807, 2.05) is 18.4 Å². The number of aliphatic imine (C=N–C) groups is 1. The number of thiophene rings is 2. The summed E-state index contributed by atoms with van der Waals surface area (Å²) in [6, 6.07) is 6.81. The Balaban J connectivity index is 0.00000243. The van der Waals surface area contributed by atoms with Crippen LogP contribution in [-0.2, 0) is 11.3 Å². The second-order valence-corrected chi connectivity index (χ2v) is 8.61. The molecule has 26 heavy (non-hydrogen) atoms. The molecular formula is C17H24BrIN4OS2. The highest BCUT2D eigenvalue weighted by molar-refractivity contribution is 14.0. The normalized spacial score (nSPS) is 16.8. The van der Waals surface area contributed by atoms with E-state index >= 15 is 0 Å². The number of rotatable bonds is 6. The Labute approximate surface area is 188 Å². The van der Waals surface area contributed by atoms with Crippen LogP contribution >= 0.6 is 62.6 Å². The van der Waals surface area contributed by atoms with Crippen LogP contribution in [0.15, 0.2) is 38.4 Å². The molecule has 5 nitrogen and oxygen atoms in total. The van der Waals surface area contributed by atoms with Crippen LogP contribution in [0.4, 0.5) is 0 Å². The minimum Gasteiger partial charge on any atom is -0.379 e. The van der Waals surface area contributed by atoms with Gasteiger partial charge in [-0.3, -0.25) is 9.89 Å². The Morgan fingerprint density at radius 3 is 2.77 bits per heavy atom. The zero-order chi connectivity index (χ0) is 17.5. The number of ether oxygens (including phenoxy) is 1. The molecule has 144 valence electrons. The number of nitrogens with one attached hydrogen (secondary N) is 2. The minimum absolute atomic E-state index is 0. The first-order valence-corrected chi connectivity index (χ1v) is 10.8. The lowest BCUT2D eigenvalue weighted by Gasteiger charge is -2.34. The molecule has 0 aromatic carbocycles. The van der Waals surface area contributed by atoms with E-state index in [-0.39, 0.29) is 24.0 Å². The molecular weight excluding hydrogens is 547 g/mol. The number of nitrogens with zero attached hydrogens (tertiary/aromatic N) is 2. The molecule has 0 aliphatic carbocycles. The summed E-state index contributed by atoms with van der Waals surface area (Å²) >= 11 is 7.04. The molecule has 0 spiro atoms. The fourth-order valence-electron chi connectivity index (χ4n) is 2.81. The number of halogens is 2. The summed E-state index contributed by atoms with van der Waals surface area (Å²) in [6.45, 7) is 5.16. The van der Waals surface area contributed by atoms with E-state index in [9.17, 15) is 0 Å². The monoisotopic (exact) mass is 570 g/mol. The largest absolute Gasteiger partial charge is 0.379 e. The van der Waals surface area contributed by atoms with Crippen molar-refractivity contribution in [2.45, 2.75) is 12.6 Å². The third-order valence-electron chi connectivity index (χ3n) is 4.10. The summed E-state index contributed by atoms with van der Waals surface area (Å²) in [7, 11) is 1.81. The molecule has 2 aromatic heterocycles. The fraction of sp³-hybridized carbons (Fsp3) is 0.471. The highest BCUT2D eigenvalue weighted by atomic mass is 127. The van der Waals surface area contributed by atoms with Crippen molar-refractivity contribution in [1.82, 2.24) is 15.5 Å². The van der Waals surface area contributed by atoms with E-state index in [1.165, 1.54) is 9.75 Å². The fourth-order valence-corrected chi connectivity index (χ4v) is 5.06. The molecule has 9 heteroatoms. The Bertz CT molecular complexity index is 674. The van der Waals surface area contributed by atoms with Crippen LogP contribution in [0.3, 0.4) is 0 Å². The van der Waals surface area contributed by atoms with Gasteiger partial charge in [0.05, 0.1) is 25.8 Å². The maximum absolute atomic E-state index is 5.51. The molecule has 1 fully saturated rings. The van der Waals surface area contributed by atoms with Crippen LogP contribution in [0.1, 0.15) is 15.8 Å². The van der Waals surface area contributed by atoms with E-state index in [0.717, 1.165) is 49.8 Å². The van der Waals surface area contributed by atoms with Crippen LogP contribution in [0, 0.1) is 0 Å². The van der Waals surface area contributed by atoms with Gasteiger partial charge in [-0.05, 0) is 33.4 Å². The quantitative estimate of drug-likeness (QED) is 0.314. The molecule has 1 aliphatic heterocycles.